The van der Waals surface area contributed by atoms with Gasteiger partial charge in [-0.1, -0.05) is 56.2 Å². The molecule has 0 amide bonds. The molecule has 1 aromatic rings. The van der Waals surface area contributed by atoms with E-state index in [1.165, 1.54) is 12.8 Å². The lowest BCUT2D eigenvalue weighted by Crippen LogP contribution is -2.14. The van der Waals surface area contributed by atoms with Crippen LogP contribution in [0.15, 0.2) is 30.3 Å². The van der Waals surface area contributed by atoms with Crippen LogP contribution in [0.2, 0.25) is 0 Å². The molecule has 0 saturated heterocycles. The van der Waals surface area contributed by atoms with Crippen molar-refractivity contribution in [3.8, 4) is 0 Å². The fraction of sp³-hybridized carbons (Fsp3) is 0.429. The standard InChI is InChI=1S/C14H18O/c1-2-3-6-12-10-9-11-7-4-5-8-13(11)14(12)15/h4-5,7-10,12,14-15H,2-3,6H2,1H3/t12-,14+/m1/s1. The van der Waals surface area contributed by atoms with Crippen LogP contribution in [0, 0.1) is 5.92 Å². The topological polar surface area (TPSA) is 20.2 Å². The summed E-state index contributed by atoms with van der Waals surface area (Å²) in [7, 11) is 0. The predicted molar refractivity (Wildman–Crippen MR) is 63.5 cm³/mol. The van der Waals surface area contributed by atoms with Gasteiger partial charge in [-0.25, -0.2) is 0 Å². The summed E-state index contributed by atoms with van der Waals surface area (Å²) >= 11 is 0. The van der Waals surface area contributed by atoms with E-state index in [0.717, 1.165) is 17.5 Å². The summed E-state index contributed by atoms with van der Waals surface area (Å²) < 4.78 is 0. The molecule has 0 aromatic heterocycles. The SMILES string of the molecule is CCCC[C@@H]1C=Cc2ccccc2[C@H]1O. The third-order valence-corrected chi connectivity index (χ3v) is 3.13. The zero-order valence-corrected chi connectivity index (χ0v) is 9.19. The minimum Gasteiger partial charge on any atom is -0.388 e. The Bertz CT molecular complexity index is 354. The number of rotatable bonds is 3. The van der Waals surface area contributed by atoms with Crippen LogP contribution in [-0.2, 0) is 0 Å². The number of hydrogen-bond donors (Lipinski definition) is 1. The fourth-order valence-electron chi connectivity index (χ4n) is 2.19. The summed E-state index contributed by atoms with van der Waals surface area (Å²) in [5, 5.41) is 10.2. The molecule has 1 aliphatic rings. The van der Waals surface area contributed by atoms with Crippen molar-refractivity contribution in [3.05, 3.63) is 41.5 Å². The molecule has 1 nitrogen and oxygen atoms in total. The zero-order valence-electron chi connectivity index (χ0n) is 9.19. The highest BCUT2D eigenvalue weighted by atomic mass is 16.3. The molecular weight excluding hydrogens is 184 g/mol. The fourth-order valence-corrected chi connectivity index (χ4v) is 2.19. The van der Waals surface area contributed by atoms with E-state index in [1.54, 1.807) is 0 Å². The Hall–Kier alpha value is -1.08. The molecule has 0 spiro atoms. The molecule has 0 heterocycles. The van der Waals surface area contributed by atoms with Crippen molar-refractivity contribution >= 4 is 6.08 Å². The van der Waals surface area contributed by atoms with E-state index in [-0.39, 0.29) is 6.10 Å². The van der Waals surface area contributed by atoms with E-state index in [2.05, 4.69) is 25.1 Å². The Morgan fingerprint density at radius 3 is 2.87 bits per heavy atom. The van der Waals surface area contributed by atoms with Gasteiger partial charge in [0.25, 0.3) is 0 Å². The normalized spacial score (nSPS) is 23.9. The highest BCUT2D eigenvalue weighted by Crippen LogP contribution is 2.34. The summed E-state index contributed by atoms with van der Waals surface area (Å²) in [5.74, 6) is 0.305. The Kier molecular flexibility index (Phi) is 3.22. The summed E-state index contributed by atoms with van der Waals surface area (Å²) in [4.78, 5) is 0. The first-order valence-corrected chi connectivity index (χ1v) is 5.78. The minimum absolute atomic E-state index is 0.305. The van der Waals surface area contributed by atoms with Crippen LogP contribution in [0.25, 0.3) is 6.08 Å². The maximum absolute atomic E-state index is 10.2. The summed E-state index contributed by atoms with van der Waals surface area (Å²) in [6.07, 6.45) is 7.46. The number of fused-ring (bicyclic) bond motifs is 1. The molecule has 0 unspecified atom stereocenters. The van der Waals surface area contributed by atoms with Crippen LogP contribution >= 0.6 is 0 Å². The first kappa shape index (κ1) is 10.4. The molecule has 2 rings (SSSR count). The van der Waals surface area contributed by atoms with Crippen molar-refractivity contribution in [3.63, 3.8) is 0 Å². The van der Waals surface area contributed by atoms with Gasteiger partial charge in [0.1, 0.15) is 0 Å². The second-order valence-electron chi connectivity index (χ2n) is 4.24. The second kappa shape index (κ2) is 4.63. The first-order chi connectivity index (χ1) is 7.33. The molecule has 0 saturated carbocycles. The number of aliphatic hydroxyl groups is 1. The number of benzene rings is 1. The Labute approximate surface area is 91.4 Å². The molecule has 1 aromatic carbocycles. The molecule has 15 heavy (non-hydrogen) atoms. The van der Waals surface area contributed by atoms with E-state index in [1.807, 2.05) is 18.2 Å². The van der Waals surface area contributed by atoms with Crippen molar-refractivity contribution in [2.24, 2.45) is 5.92 Å². The lowest BCUT2D eigenvalue weighted by atomic mass is 9.84. The van der Waals surface area contributed by atoms with E-state index in [9.17, 15) is 5.11 Å². The van der Waals surface area contributed by atoms with Crippen LogP contribution in [0.1, 0.15) is 43.4 Å². The lowest BCUT2D eigenvalue weighted by Gasteiger charge is -2.25. The highest BCUT2D eigenvalue weighted by Gasteiger charge is 2.22. The van der Waals surface area contributed by atoms with Gasteiger partial charge in [0.2, 0.25) is 0 Å². The maximum atomic E-state index is 10.2. The molecule has 2 atom stereocenters. The quantitative estimate of drug-likeness (QED) is 0.794. The molecule has 1 heteroatoms. The molecule has 0 aliphatic heterocycles. The maximum Gasteiger partial charge on any atom is 0.0858 e. The van der Waals surface area contributed by atoms with Crippen LogP contribution in [0.4, 0.5) is 0 Å². The molecule has 80 valence electrons. The summed E-state index contributed by atoms with van der Waals surface area (Å²) in [6.45, 7) is 2.19. The van der Waals surface area contributed by atoms with Gasteiger partial charge in [0, 0.05) is 5.92 Å². The van der Waals surface area contributed by atoms with Gasteiger partial charge in [-0.05, 0) is 17.5 Å². The van der Waals surface area contributed by atoms with E-state index in [4.69, 9.17) is 0 Å². The van der Waals surface area contributed by atoms with Crippen molar-refractivity contribution in [2.45, 2.75) is 32.3 Å². The van der Waals surface area contributed by atoms with Crippen molar-refractivity contribution in [2.75, 3.05) is 0 Å². The number of unbranched alkanes of at least 4 members (excludes halogenated alkanes) is 1. The third kappa shape index (κ3) is 2.13. The lowest BCUT2D eigenvalue weighted by molar-refractivity contribution is 0.124. The Morgan fingerprint density at radius 1 is 1.27 bits per heavy atom. The molecule has 1 aliphatic carbocycles. The average molecular weight is 202 g/mol. The van der Waals surface area contributed by atoms with Crippen LogP contribution < -0.4 is 0 Å². The van der Waals surface area contributed by atoms with Gasteiger partial charge in [0.15, 0.2) is 0 Å². The largest absolute Gasteiger partial charge is 0.388 e. The number of aliphatic hydroxyl groups excluding tert-OH is 1. The van der Waals surface area contributed by atoms with Gasteiger partial charge in [-0.3, -0.25) is 0 Å². The van der Waals surface area contributed by atoms with Crippen LogP contribution in [0.3, 0.4) is 0 Å². The Morgan fingerprint density at radius 2 is 2.07 bits per heavy atom. The molecule has 0 bridgehead atoms. The molecule has 0 fully saturated rings. The summed E-state index contributed by atoms with van der Waals surface area (Å²) in [5.41, 5.74) is 2.25. The van der Waals surface area contributed by atoms with Crippen LogP contribution in [0.5, 0.6) is 0 Å². The molecular formula is C14H18O. The van der Waals surface area contributed by atoms with E-state index < -0.39 is 0 Å². The molecule has 1 N–H and O–H groups in total. The predicted octanol–water partition coefficient (Wildman–Crippen LogP) is 3.55. The van der Waals surface area contributed by atoms with E-state index in [0.29, 0.717) is 5.92 Å². The van der Waals surface area contributed by atoms with Gasteiger partial charge >= 0.3 is 0 Å². The van der Waals surface area contributed by atoms with Gasteiger partial charge < -0.3 is 5.11 Å². The van der Waals surface area contributed by atoms with Crippen LogP contribution in [-0.4, -0.2) is 5.11 Å². The second-order valence-corrected chi connectivity index (χ2v) is 4.24. The minimum atomic E-state index is -0.308. The first-order valence-electron chi connectivity index (χ1n) is 5.78. The van der Waals surface area contributed by atoms with Gasteiger partial charge in [0.05, 0.1) is 6.10 Å². The van der Waals surface area contributed by atoms with Crippen molar-refractivity contribution < 1.29 is 5.11 Å². The monoisotopic (exact) mass is 202 g/mol. The summed E-state index contributed by atoms with van der Waals surface area (Å²) in [6, 6.07) is 8.11. The van der Waals surface area contributed by atoms with Gasteiger partial charge in [-0.15, -0.1) is 0 Å². The average Bonchev–Trinajstić information content (AvgIpc) is 2.29. The third-order valence-electron chi connectivity index (χ3n) is 3.13. The Balaban J connectivity index is 2.18. The van der Waals surface area contributed by atoms with Crippen molar-refractivity contribution in [1.82, 2.24) is 0 Å². The smallest absolute Gasteiger partial charge is 0.0858 e. The molecule has 0 radical (unpaired) electrons. The van der Waals surface area contributed by atoms with E-state index >= 15 is 0 Å². The number of hydrogen-bond acceptors (Lipinski definition) is 1. The van der Waals surface area contributed by atoms with Gasteiger partial charge in [-0.2, -0.15) is 0 Å². The highest BCUT2D eigenvalue weighted by molar-refractivity contribution is 5.57. The zero-order chi connectivity index (χ0) is 10.7. The van der Waals surface area contributed by atoms with Crippen molar-refractivity contribution in [1.29, 1.82) is 0 Å².